The van der Waals surface area contributed by atoms with E-state index in [2.05, 4.69) is 67.1 Å². The SMILES string of the molecule is CC1(C)CC(C)(C)c2c([nH]c3ccc(C(=O)NC4CCS(=O)(=O)CC4)cc23)C1=O.CC1(C)CC(C)(C)c2c([nH]c3ccc(C(=O)NC4CCSCC4)cc23)C1=O.CC1(C)CC(C)(C)c2c([nH]c3ccc(C(=O)O)cc23)C1=O. The van der Waals surface area contributed by atoms with Crippen molar-refractivity contribution < 1.29 is 42.3 Å². The average molecular weight is 1090 g/mol. The molecule has 0 bridgehead atoms. The van der Waals surface area contributed by atoms with Gasteiger partial charge in [0.05, 0.1) is 34.2 Å². The van der Waals surface area contributed by atoms with Crippen molar-refractivity contribution in [2.45, 2.75) is 156 Å². The van der Waals surface area contributed by atoms with E-state index in [-0.39, 0.29) is 80.0 Å². The van der Waals surface area contributed by atoms with Gasteiger partial charge in [-0.3, -0.25) is 24.0 Å². The summed E-state index contributed by atoms with van der Waals surface area (Å²) in [5.74, 6) is 1.68. The number of fused-ring (bicyclic) bond motifs is 9. The van der Waals surface area contributed by atoms with Gasteiger partial charge in [0.25, 0.3) is 11.8 Å². The summed E-state index contributed by atoms with van der Waals surface area (Å²) >= 11 is 1.95. The molecule has 2 saturated heterocycles. The molecule has 77 heavy (non-hydrogen) atoms. The number of carboxylic acid groups (broad SMARTS) is 1. The van der Waals surface area contributed by atoms with E-state index in [4.69, 9.17) is 0 Å². The van der Waals surface area contributed by atoms with Crippen LogP contribution in [0, 0.1) is 16.2 Å². The second-order valence-corrected chi connectivity index (χ2v) is 29.8. The van der Waals surface area contributed by atoms with Crippen LogP contribution >= 0.6 is 11.8 Å². The molecule has 3 aromatic heterocycles. The van der Waals surface area contributed by atoms with Crippen molar-refractivity contribution in [3.05, 3.63) is 105 Å². The third-order valence-corrected chi connectivity index (χ3v) is 19.6. The second kappa shape index (κ2) is 19.4. The summed E-state index contributed by atoms with van der Waals surface area (Å²) in [6, 6.07) is 16.3. The lowest BCUT2D eigenvalue weighted by Crippen LogP contribution is -2.40. The number of ketones is 3. The zero-order chi connectivity index (χ0) is 56.2. The molecule has 0 saturated carbocycles. The molecule has 2 amide bonds. The van der Waals surface area contributed by atoms with Gasteiger partial charge in [0, 0.05) is 72.2 Å². The van der Waals surface area contributed by atoms with Gasteiger partial charge < -0.3 is 30.7 Å². The third kappa shape index (κ3) is 10.6. The molecular formula is C61H75N5O9S2. The predicted octanol–water partition coefficient (Wildman–Crippen LogP) is 11.8. The van der Waals surface area contributed by atoms with Crippen molar-refractivity contribution in [3.63, 3.8) is 0 Å². The Hall–Kier alpha value is -6.00. The largest absolute Gasteiger partial charge is 0.478 e. The predicted molar refractivity (Wildman–Crippen MR) is 306 cm³/mol. The van der Waals surface area contributed by atoms with Gasteiger partial charge in [0.1, 0.15) is 9.84 Å². The van der Waals surface area contributed by atoms with Crippen LogP contribution in [-0.2, 0) is 26.1 Å². The van der Waals surface area contributed by atoms with Gasteiger partial charge in [-0.25, -0.2) is 13.2 Å². The highest BCUT2D eigenvalue weighted by Crippen LogP contribution is 2.51. The molecule has 0 spiro atoms. The summed E-state index contributed by atoms with van der Waals surface area (Å²) in [4.78, 5) is 85.2. The number of carboxylic acids is 1. The van der Waals surface area contributed by atoms with Gasteiger partial charge >= 0.3 is 5.97 Å². The summed E-state index contributed by atoms with van der Waals surface area (Å²) in [6.45, 7) is 24.8. The van der Waals surface area contributed by atoms with Gasteiger partial charge in [-0.05, 0) is 144 Å². The molecule has 0 radical (unpaired) electrons. The lowest BCUT2D eigenvalue weighted by molar-refractivity contribution is 0.0694. The van der Waals surface area contributed by atoms with Crippen LogP contribution in [0.1, 0.15) is 207 Å². The Morgan fingerprint density at radius 3 is 1.14 bits per heavy atom. The van der Waals surface area contributed by atoms with Gasteiger partial charge in [0.2, 0.25) is 0 Å². The molecule has 6 N–H and O–H groups in total. The summed E-state index contributed by atoms with van der Waals surface area (Å²) in [5.41, 5.74) is 7.34. The summed E-state index contributed by atoms with van der Waals surface area (Å²) in [7, 11) is -2.96. The number of thioether (sulfide) groups is 1. The molecule has 2 aliphatic heterocycles. The molecule has 0 unspecified atom stereocenters. The number of hydrogen-bond acceptors (Lipinski definition) is 9. The Morgan fingerprint density at radius 1 is 0.494 bits per heavy atom. The number of aromatic amines is 3. The lowest BCUT2D eigenvalue weighted by Gasteiger charge is -2.39. The number of carbonyl (C=O) groups excluding carboxylic acids is 5. The Balaban J connectivity index is 0.000000143. The highest BCUT2D eigenvalue weighted by molar-refractivity contribution is 7.99. The zero-order valence-electron chi connectivity index (χ0n) is 46.7. The maximum absolute atomic E-state index is 13.0. The lowest BCUT2D eigenvalue weighted by atomic mass is 9.63. The Morgan fingerprint density at radius 2 is 0.805 bits per heavy atom. The maximum atomic E-state index is 13.0. The first-order valence-corrected chi connectivity index (χ1v) is 30.0. The molecule has 410 valence electrons. The fourth-order valence-electron chi connectivity index (χ4n) is 13.9. The van der Waals surface area contributed by atoms with Gasteiger partial charge in [-0.2, -0.15) is 11.8 Å². The van der Waals surface area contributed by atoms with E-state index in [0.717, 1.165) is 93.0 Å². The minimum absolute atomic E-state index is 0.0102. The van der Waals surface area contributed by atoms with Crippen LogP contribution in [0.4, 0.5) is 0 Å². The highest BCUT2D eigenvalue weighted by Gasteiger charge is 2.48. The topological polar surface area (TPSA) is 228 Å². The molecule has 6 aromatic rings. The second-order valence-electron chi connectivity index (χ2n) is 26.3. The molecule has 3 aliphatic carbocycles. The van der Waals surface area contributed by atoms with Gasteiger partial charge in [-0.15, -0.1) is 0 Å². The maximum Gasteiger partial charge on any atom is 0.335 e. The molecule has 5 aliphatic rings. The van der Waals surface area contributed by atoms with Crippen LogP contribution in [0.25, 0.3) is 32.7 Å². The molecule has 2 fully saturated rings. The van der Waals surface area contributed by atoms with Gasteiger partial charge in [0.15, 0.2) is 17.3 Å². The number of Topliss-reactive ketones (excluding diaryl/α,β-unsaturated/α-hetero) is 3. The number of amides is 2. The summed E-state index contributed by atoms with van der Waals surface area (Å²) in [5, 5.41) is 18.1. The number of aromatic nitrogens is 3. The van der Waals surface area contributed by atoms with Crippen molar-refractivity contribution in [1.29, 1.82) is 0 Å². The summed E-state index contributed by atoms with van der Waals surface area (Å²) in [6.07, 6.45) is 5.26. The fraction of sp³-hybridized carbons (Fsp3) is 0.508. The number of benzene rings is 3. The van der Waals surface area contributed by atoms with E-state index in [1.54, 1.807) is 24.3 Å². The number of hydrogen-bond donors (Lipinski definition) is 6. The highest BCUT2D eigenvalue weighted by atomic mass is 32.2. The molecule has 5 heterocycles. The van der Waals surface area contributed by atoms with Crippen LogP contribution < -0.4 is 10.6 Å². The number of carbonyl (C=O) groups is 6. The fourth-order valence-corrected chi connectivity index (χ4v) is 16.5. The van der Waals surface area contributed by atoms with Crippen LogP contribution in [0.3, 0.4) is 0 Å². The van der Waals surface area contributed by atoms with E-state index < -0.39 is 26.6 Å². The number of nitrogens with one attached hydrogen (secondary N) is 5. The van der Waals surface area contributed by atoms with Crippen molar-refractivity contribution >= 4 is 89.4 Å². The van der Waals surface area contributed by atoms with Gasteiger partial charge in [-0.1, -0.05) is 83.1 Å². The average Bonchev–Trinajstić information content (AvgIpc) is 4.11. The number of aromatic carboxylic acids is 1. The van der Waals surface area contributed by atoms with Crippen molar-refractivity contribution in [2.24, 2.45) is 16.2 Å². The van der Waals surface area contributed by atoms with Crippen molar-refractivity contribution in [2.75, 3.05) is 23.0 Å². The van der Waals surface area contributed by atoms with E-state index in [9.17, 15) is 42.3 Å². The van der Waals surface area contributed by atoms with E-state index in [1.807, 2.05) is 83.6 Å². The first-order valence-electron chi connectivity index (χ1n) is 27.0. The normalized spacial score (nSPS) is 21.6. The Bertz CT molecular complexity index is 3550. The van der Waals surface area contributed by atoms with E-state index in [1.165, 1.54) is 0 Å². The number of H-pyrrole nitrogens is 3. The van der Waals surface area contributed by atoms with E-state index >= 15 is 0 Å². The Kier molecular flexibility index (Phi) is 14.1. The van der Waals surface area contributed by atoms with Crippen LogP contribution in [-0.4, -0.2) is 98.7 Å². The minimum Gasteiger partial charge on any atom is -0.478 e. The standard InChI is InChI=1S/C22H28N2O4S.C22H28N2O2S.C17H19NO3/c1-21(2)12-22(3,4)19(25)18-17(21)15-11-13(5-6-16(15)24-18)20(26)23-14-7-9-29(27,28)10-8-14;1-21(2)12-22(3,4)19(25)18-17(21)15-11-13(5-6-16(15)24-18)20(26)23-14-7-9-27-10-8-14;1-16(2)8-17(3,4)14(19)13-12(16)10-7-9(15(20)21)5-6-11(10)18-13/h5-6,11,14,24H,7-10,12H2,1-4H3,(H,23,26);5-6,11,14,24H,7-10,12H2,1-4H3,(H,23,26);5-7,18H,8H2,1-4H3,(H,20,21). The van der Waals surface area contributed by atoms with Crippen molar-refractivity contribution in [3.8, 4) is 0 Å². The molecule has 16 heteroatoms. The summed E-state index contributed by atoms with van der Waals surface area (Å²) < 4.78 is 23.2. The molecule has 11 rings (SSSR count). The third-order valence-electron chi connectivity index (χ3n) is 16.8. The molecule has 0 atom stereocenters. The smallest absolute Gasteiger partial charge is 0.335 e. The Labute approximate surface area is 455 Å². The van der Waals surface area contributed by atoms with Crippen molar-refractivity contribution in [1.82, 2.24) is 25.6 Å². The van der Waals surface area contributed by atoms with Crippen LogP contribution in [0.15, 0.2) is 54.6 Å². The minimum atomic E-state index is -2.96. The number of sulfone groups is 1. The first-order chi connectivity index (χ1) is 35.7. The molecule has 14 nitrogen and oxygen atoms in total. The zero-order valence-corrected chi connectivity index (χ0v) is 48.3. The quantitative estimate of drug-likeness (QED) is 0.0957. The van der Waals surface area contributed by atoms with Crippen LogP contribution in [0.2, 0.25) is 0 Å². The molecular weight excluding hydrogens is 1010 g/mol. The van der Waals surface area contributed by atoms with Crippen LogP contribution in [0.5, 0.6) is 0 Å². The molecule has 3 aromatic carbocycles. The van der Waals surface area contributed by atoms with E-state index in [0.29, 0.717) is 41.1 Å². The number of rotatable bonds is 5. The first kappa shape index (κ1) is 55.7. The monoisotopic (exact) mass is 1090 g/mol.